The lowest BCUT2D eigenvalue weighted by Gasteiger charge is -2.57. The minimum absolute atomic E-state index is 0.119. The van der Waals surface area contributed by atoms with Gasteiger partial charge in [0.05, 0.1) is 11.1 Å². The molecule has 2 aliphatic rings. The SMILES string of the molecule is C=C/C=C(\C=C)CN(C)C1CN(C2(C(=O)c3ccccn3)CCOC(C)(C)C2)C1. The fourth-order valence-corrected chi connectivity index (χ4v) is 4.52. The molecule has 5 heteroatoms. The number of rotatable bonds is 8. The van der Waals surface area contributed by atoms with Crippen LogP contribution in [0.3, 0.4) is 0 Å². The Bertz CT molecular complexity index is 781. The first-order valence-electron chi connectivity index (χ1n) is 10.3. The normalized spacial score (nSPS) is 25.4. The summed E-state index contributed by atoms with van der Waals surface area (Å²) >= 11 is 0. The Morgan fingerprint density at radius 2 is 2.14 bits per heavy atom. The Morgan fingerprint density at radius 3 is 2.72 bits per heavy atom. The van der Waals surface area contributed by atoms with Crippen LogP contribution in [0.1, 0.15) is 37.2 Å². The summed E-state index contributed by atoms with van der Waals surface area (Å²) in [5, 5.41) is 0. The van der Waals surface area contributed by atoms with Crippen molar-refractivity contribution < 1.29 is 9.53 Å². The lowest BCUT2D eigenvalue weighted by Crippen LogP contribution is -2.71. The highest BCUT2D eigenvalue weighted by Crippen LogP contribution is 2.41. The van der Waals surface area contributed by atoms with Crippen molar-refractivity contribution in [1.29, 1.82) is 0 Å². The molecule has 0 radical (unpaired) electrons. The maximum atomic E-state index is 13.6. The van der Waals surface area contributed by atoms with Crippen LogP contribution in [-0.2, 0) is 4.74 Å². The summed E-state index contributed by atoms with van der Waals surface area (Å²) < 4.78 is 5.96. The largest absolute Gasteiger partial charge is 0.375 e. The average Bonchev–Trinajstić information content (AvgIpc) is 2.65. The number of Topliss-reactive ketones (excluding diaryl/α,β-unsaturated/α-hetero) is 1. The molecule has 0 saturated carbocycles. The molecule has 0 aliphatic carbocycles. The maximum Gasteiger partial charge on any atom is 0.201 e. The molecular weight excluding hydrogens is 362 g/mol. The maximum absolute atomic E-state index is 13.6. The Kier molecular flexibility index (Phi) is 6.52. The summed E-state index contributed by atoms with van der Waals surface area (Å²) in [6.45, 7) is 15.0. The van der Waals surface area contributed by atoms with Crippen LogP contribution < -0.4 is 0 Å². The Balaban J connectivity index is 1.77. The van der Waals surface area contributed by atoms with Crippen LogP contribution >= 0.6 is 0 Å². The van der Waals surface area contributed by atoms with Gasteiger partial charge in [-0.3, -0.25) is 19.6 Å². The predicted molar refractivity (Wildman–Crippen MR) is 117 cm³/mol. The summed E-state index contributed by atoms with van der Waals surface area (Å²) in [7, 11) is 2.13. The summed E-state index contributed by atoms with van der Waals surface area (Å²) in [5.74, 6) is 0.119. The van der Waals surface area contributed by atoms with E-state index in [-0.39, 0.29) is 11.4 Å². The van der Waals surface area contributed by atoms with Crippen LogP contribution in [0.4, 0.5) is 0 Å². The van der Waals surface area contributed by atoms with E-state index in [1.807, 2.05) is 30.4 Å². The fourth-order valence-electron chi connectivity index (χ4n) is 4.52. The lowest BCUT2D eigenvalue weighted by atomic mass is 9.74. The molecule has 3 heterocycles. The van der Waals surface area contributed by atoms with Crippen molar-refractivity contribution in [2.75, 3.05) is 33.3 Å². The van der Waals surface area contributed by atoms with Crippen LogP contribution in [0, 0.1) is 0 Å². The third kappa shape index (κ3) is 4.58. The van der Waals surface area contributed by atoms with Crippen molar-refractivity contribution in [3.63, 3.8) is 0 Å². The van der Waals surface area contributed by atoms with Crippen LogP contribution in [0.25, 0.3) is 0 Å². The molecule has 1 aromatic heterocycles. The number of carbonyl (C=O) groups is 1. The van der Waals surface area contributed by atoms with E-state index in [4.69, 9.17) is 4.74 Å². The second-order valence-corrected chi connectivity index (χ2v) is 8.77. The standard InChI is InChI=1S/C24H33N3O2/c1-6-10-19(7-2)15-26(5)20-16-27(17-20)24(12-14-29-23(3,4)18-24)22(28)21-11-8-9-13-25-21/h6-11,13,20H,1-2,12,14-18H2,3-5H3/b19-10+. The van der Waals surface area contributed by atoms with E-state index < -0.39 is 5.54 Å². The van der Waals surface area contributed by atoms with Gasteiger partial charge in [-0.05, 0) is 45.0 Å². The van der Waals surface area contributed by atoms with Gasteiger partial charge in [-0.25, -0.2) is 0 Å². The van der Waals surface area contributed by atoms with Crippen molar-refractivity contribution in [3.05, 3.63) is 67.0 Å². The number of aromatic nitrogens is 1. The smallest absolute Gasteiger partial charge is 0.201 e. The van der Waals surface area contributed by atoms with Gasteiger partial charge in [0.25, 0.3) is 0 Å². The van der Waals surface area contributed by atoms with Crippen LogP contribution in [-0.4, -0.2) is 71.0 Å². The van der Waals surface area contributed by atoms with Crippen molar-refractivity contribution in [2.45, 2.75) is 43.9 Å². The van der Waals surface area contributed by atoms with Crippen molar-refractivity contribution in [1.82, 2.24) is 14.8 Å². The molecule has 3 rings (SSSR count). The second kappa shape index (κ2) is 8.74. The van der Waals surface area contributed by atoms with E-state index in [9.17, 15) is 4.79 Å². The van der Waals surface area contributed by atoms with Crippen LogP contribution in [0.5, 0.6) is 0 Å². The minimum atomic E-state index is -0.550. The van der Waals surface area contributed by atoms with E-state index in [2.05, 4.69) is 48.8 Å². The molecule has 2 saturated heterocycles. The van der Waals surface area contributed by atoms with Gasteiger partial charge in [0, 0.05) is 44.9 Å². The number of ether oxygens (including phenoxy) is 1. The van der Waals surface area contributed by atoms with Crippen molar-refractivity contribution >= 4 is 5.78 Å². The Hall–Kier alpha value is -2.08. The highest BCUT2D eigenvalue weighted by molar-refractivity contribution is 6.02. The van der Waals surface area contributed by atoms with Gasteiger partial charge in [-0.15, -0.1) is 0 Å². The third-order valence-electron chi connectivity index (χ3n) is 6.16. The first-order chi connectivity index (χ1) is 13.8. The van der Waals surface area contributed by atoms with Gasteiger partial charge < -0.3 is 4.74 Å². The number of hydrogen-bond acceptors (Lipinski definition) is 5. The zero-order chi connectivity index (χ0) is 21.1. The second-order valence-electron chi connectivity index (χ2n) is 8.77. The number of likely N-dealkylation sites (N-methyl/N-ethyl adjacent to an activating group) is 1. The summed E-state index contributed by atoms with van der Waals surface area (Å²) in [6.07, 6.45) is 8.74. The highest BCUT2D eigenvalue weighted by atomic mass is 16.5. The number of hydrogen-bond donors (Lipinski definition) is 0. The Morgan fingerprint density at radius 1 is 1.38 bits per heavy atom. The summed E-state index contributed by atoms with van der Waals surface area (Å²) in [6, 6.07) is 5.96. The number of ketones is 1. The molecule has 156 valence electrons. The molecule has 1 aromatic rings. The first kappa shape index (κ1) is 21.6. The third-order valence-corrected chi connectivity index (χ3v) is 6.16. The van der Waals surface area contributed by atoms with Crippen LogP contribution in [0.15, 0.2) is 61.4 Å². The topological polar surface area (TPSA) is 45.7 Å². The number of likely N-dealkylation sites (tertiary alicyclic amines) is 1. The fraction of sp³-hybridized carbons (Fsp3) is 0.500. The molecule has 1 unspecified atom stereocenters. The van der Waals surface area contributed by atoms with E-state index >= 15 is 0 Å². The van der Waals surface area contributed by atoms with Crippen molar-refractivity contribution in [2.24, 2.45) is 0 Å². The van der Waals surface area contributed by atoms with Crippen molar-refractivity contribution in [3.8, 4) is 0 Å². The first-order valence-corrected chi connectivity index (χ1v) is 10.3. The molecule has 1 atom stereocenters. The predicted octanol–water partition coefficient (Wildman–Crippen LogP) is 3.51. The molecule has 0 aromatic carbocycles. The molecule has 0 spiro atoms. The van der Waals surface area contributed by atoms with E-state index in [0.717, 1.165) is 25.2 Å². The molecule has 29 heavy (non-hydrogen) atoms. The van der Waals surface area contributed by atoms with Gasteiger partial charge in [-0.2, -0.15) is 0 Å². The van der Waals surface area contributed by atoms with Gasteiger partial charge >= 0.3 is 0 Å². The monoisotopic (exact) mass is 395 g/mol. The summed E-state index contributed by atoms with van der Waals surface area (Å²) in [4.78, 5) is 22.7. The molecule has 5 nitrogen and oxygen atoms in total. The van der Waals surface area contributed by atoms with Gasteiger partial charge in [0.15, 0.2) is 0 Å². The zero-order valence-electron chi connectivity index (χ0n) is 17.9. The molecule has 2 fully saturated rings. The van der Waals surface area contributed by atoms with E-state index in [1.54, 1.807) is 12.3 Å². The molecule has 0 amide bonds. The van der Waals surface area contributed by atoms with Gasteiger partial charge in [-0.1, -0.05) is 37.5 Å². The number of carbonyl (C=O) groups excluding carboxylic acids is 1. The molecular formula is C24H33N3O2. The van der Waals surface area contributed by atoms with Gasteiger partial charge in [0.2, 0.25) is 5.78 Å². The zero-order valence-corrected chi connectivity index (χ0v) is 17.9. The molecule has 0 bridgehead atoms. The van der Waals surface area contributed by atoms with E-state index in [1.165, 1.54) is 0 Å². The van der Waals surface area contributed by atoms with Gasteiger partial charge in [0.1, 0.15) is 5.69 Å². The lowest BCUT2D eigenvalue weighted by molar-refractivity contribution is -0.130. The Labute approximate surface area is 174 Å². The van der Waals surface area contributed by atoms with Crippen LogP contribution in [0.2, 0.25) is 0 Å². The molecule has 0 N–H and O–H groups in total. The average molecular weight is 396 g/mol. The quantitative estimate of drug-likeness (QED) is 0.498. The summed E-state index contributed by atoms with van der Waals surface area (Å²) in [5.41, 5.74) is 0.811. The number of nitrogens with zero attached hydrogens (tertiary/aromatic N) is 3. The number of pyridine rings is 1. The highest BCUT2D eigenvalue weighted by Gasteiger charge is 2.54. The molecule has 2 aliphatic heterocycles. The minimum Gasteiger partial charge on any atom is -0.375 e. The number of allylic oxidation sites excluding steroid dienone is 2. The van der Waals surface area contributed by atoms with E-state index in [0.29, 0.717) is 31.2 Å².